The van der Waals surface area contributed by atoms with Crippen LogP contribution in [0.1, 0.15) is 67.2 Å². The molecule has 1 aliphatic carbocycles. The number of aliphatic hydroxyl groups excluding tert-OH is 1. The highest BCUT2D eigenvalue weighted by molar-refractivity contribution is 4.78. The van der Waals surface area contributed by atoms with Crippen molar-refractivity contribution < 1.29 is 24.7 Å². The van der Waals surface area contributed by atoms with E-state index in [1.165, 1.54) is 0 Å². The molecule has 0 spiro atoms. The van der Waals surface area contributed by atoms with Crippen molar-refractivity contribution in [3.63, 3.8) is 0 Å². The van der Waals surface area contributed by atoms with Gasteiger partial charge in [-0.25, -0.2) is 9.78 Å². The fourth-order valence-corrected chi connectivity index (χ4v) is 1.62. The SMILES string of the molecule is CC(C)(C)OOC1(OOC(C)(C)C)CCC(O)CC1. The van der Waals surface area contributed by atoms with Crippen LogP contribution in [-0.4, -0.2) is 28.2 Å². The number of hydrogen-bond donors (Lipinski definition) is 1. The maximum Gasteiger partial charge on any atom is 0.234 e. The van der Waals surface area contributed by atoms with Crippen LogP contribution >= 0.6 is 0 Å². The summed E-state index contributed by atoms with van der Waals surface area (Å²) >= 11 is 0. The van der Waals surface area contributed by atoms with E-state index >= 15 is 0 Å². The standard InChI is InChI=1S/C14H28O5/c1-12(2,3)16-18-14(19-17-13(4,5)6)9-7-11(15)8-10-14/h11,15H,7-10H2,1-6H3. The zero-order chi connectivity index (χ0) is 14.7. The molecule has 1 N–H and O–H groups in total. The molecule has 1 fully saturated rings. The highest BCUT2D eigenvalue weighted by atomic mass is 17.3. The van der Waals surface area contributed by atoms with E-state index < -0.39 is 17.0 Å². The average molecular weight is 276 g/mol. The van der Waals surface area contributed by atoms with E-state index in [0.29, 0.717) is 25.7 Å². The van der Waals surface area contributed by atoms with Crippen LogP contribution in [0.15, 0.2) is 0 Å². The highest BCUT2D eigenvalue weighted by Gasteiger charge is 2.42. The van der Waals surface area contributed by atoms with Gasteiger partial charge < -0.3 is 5.11 Å². The molecule has 0 saturated heterocycles. The van der Waals surface area contributed by atoms with Gasteiger partial charge in [-0.2, -0.15) is 9.78 Å². The molecule has 5 nitrogen and oxygen atoms in total. The maximum atomic E-state index is 9.60. The van der Waals surface area contributed by atoms with E-state index in [9.17, 15) is 5.11 Å². The topological polar surface area (TPSA) is 57.2 Å². The molecule has 0 unspecified atom stereocenters. The van der Waals surface area contributed by atoms with Gasteiger partial charge in [0.25, 0.3) is 0 Å². The first-order valence-electron chi connectivity index (χ1n) is 6.93. The van der Waals surface area contributed by atoms with Crippen molar-refractivity contribution in [2.24, 2.45) is 0 Å². The smallest absolute Gasteiger partial charge is 0.234 e. The van der Waals surface area contributed by atoms with Crippen molar-refractivity contribution in [2.45, 2.75) is 90.3 Å². The Hall–Kier alpha value is -0.200. The Morgan fingerprint density at radius 2 is 1.21 bits per heavy atom. The molecular weight excluding hydrogens is 248 g/mol. The molecule has 5 heteroatoms. The fraction of sp³-hybridized carbons (Fsp3) is 1.00. The van der Waals surface area contributed by atoms with Gasteiger partial charge in [-0.15, -0.1) is 0 Å². The monoisotopic (exact) mass is 276 g/mol. The molecule has 0 bridgehead atoms. The second-order valence-corrected chi connectivity index (χ2v) is 7.20. The Morgan fingerprint density at radius 3 is 1.53 bits per heavy atom. The molecule has 114 valence electrons. The van der Waals surface area contributed by atoms with Crippen molar-refractivity contribution in [1.29, 1.82) is 0 Å². The minimum absolute atomic E-state index is 0.301. The van der Waals surface area contributed by atoms with E-state index in [4.69, 9.17) is 19.6 Å². The van der Waals surface area contributed by atoms with Crippen LogP contribution in [0.5, 0.6) is 0 Å². The van der Waals surface area contributed by atoms with E-state index in [0.717, 1.165) is 0 Å². The molecule has 0 radical (unpaired) electrons. The summed E-state index contributed by atoms with van der Waals surface area (Å²) < 4.78 is 0. The van der Waals surface area contributed by atoms with E-state index in [2.05, 4.69) is 0 Å². The number of rotatable bonds is 4. The zero-order valence-corrected chi connectivity index (χ0v) is 13.0. The molecule has 0 aromatic heterocycles. The molecule has 0 aromatic rings. The third-order valence-electron chi connectivity index (χ3n) is 2.60. The summed E-state index contributed by atoms with van der Waals surface area (Å²) in [4.78, 5) is 21.8. The van der Waals surface area contributed by atoms with Gasteiger partial charge in [-0.05, 0) is 54.4 Å². The minimum Gasteiger partial charge on any atom is -0.393 e. The van der Waals surface area contributed by atoms with Gasteiger partial charge in [0.15, 0.2) is 0 Å². The molecule has 0 amide bonds. The van der Waals surface area contributed by atoms with Crippen LogP contribution in [0, 0.1) is 0 Å². The Balaban J connectivity index is 2.62. The normalized spacial score (nSPS) is 21.6. The third kappa shape index (κ3) is 6.68. The summed E-state index contributed by atoms with van der Waals surface area (Å²) in [5.74, 6) is -0.931. The van der Waals surface area contributed by atoms with Crippen LogP contribution < -0.4 is 0 Å². The lowest BCUT2D eigenvalue weighted by Gasteiger charge is -2.38. The van der Waals surface area contributed by atoms with Gasteiger partial charge in [-0.3, -0.25) is 0 Å². The van der Waals surface area contributed by atoms with Crippen LogP contribution in [0.3, 0.4) is 0 Å². The minimum atomic E-state index is -0.931. The van der Waals surface area contributed by atoms with E-state index in [1.807, 2.05) is 41.5 Å². The quantitative estimate of drug-likeness (QED) is 0.486. The van der Waals surface area contributed by atoms with Gasteiger partial charge in [0.05, 0.1) is 17.3 Å². The molecular formula is C14H28O5. The van der Waals surface area contributed by atoms with Gasteiger partial charge in [-0.1, -0.05) is 0 Å². The van der Waals surface area contributed by atoms with Crippen molar-refractivity contribution in [1.82, 2.24) is 0 Å². The first kappa shape index (κ1) is 16.9. The Morgan fingerprint density at radius 1 is 0.842 bits per heavy atom. The second kappa shape index (κ2) is 6.06. The second-order valence-electron chi connectivity index (χ2n) is 7.20. The summed E-state index contributed by atoms with van der Waals surface area (Å²) in [5, 5.41) is 9.60. The maximum absolute atomic E-state index is 9.60. The fourth-order valence-electron chi connectivity index (χ4n) is 1.62. The predicted molar refractivity (Wildman–Crippen MR) is 71.1 cm³/mol. The van der Waals surface area contributed by atoms with Crippen LogP contribution in [0.4, 0.5) is 0 Å². The van der Waals surface area contributed by atoms with Crippen molar-refractivity contribution in [2.75, 3.05) is 0 Å². The molecule has 1 saturated carbocycles. The summed E-state index contributed by atoms with van der Waals surface area (Å²) in [6, 6.07) is 0. The first-order valence-corrected chi connectivity index (χ1v) is 6.93. The van der Waals surface area contributed by atoms with Crippen molar-refractivity contribution >= 4 is 0 Å². The Bertz CT molecular complexity index is 249. The third-order valence-corrected chi connectivity index (χ3v) is 2.60. The average Bonchev–Trinajstić information content (AvgIpc) is 2.25. The zero-order valence-electron chi connectivity index (χ0n) is 13.0. The predicted octanol–water partition coefficient (Wildman–Crippen LogP) is 3.11. The highest BCUT2D eigenvalue weighted by Crippen LogP contribution is 2.35. The molecule has 19 heavy (non-hydrogen) atoms. The Labute approximate surface area is 116 Å². The number of hydrogen-bond acceptors (Lipinski definition) is 5. The van der Waals surface area contributed by atoms with E-state index in [-0.39, 0.29) is 6.10 Å². The van der Waals surface area contributed by atoms with Gasteiger partial charge in [0, 0.05) is 12.8 Å². The van der Waals surface area contributed by atoms with Crippen molar-refractivity contribution in [3.8, 4) is 0 Å². The van der Waals surface area contributed by atoms with Crippen LogP contribution in [0.2, 0.25) is 0 Å². The van der Waals surface area contributed by atoms with Crippen LogP contribution in [0.25, 0.3) is 0 Å². The molecule has 0 heterocycles. The lowest BCUT2D eigenvalue weighted by Crippen LogP contribution is -2.44. The Kier molecular flexibility index (Phi) is 5.37. The van der Waals surface area contributed by atoms with Gasteiger partial charge in [0.1, 0.15) is 0 Å². The molecule has 0 atom stereocenters. The van der Waals surface area contributed by atoms with Crippen LogP contribution in [-0.2, 0) is 19.6 Å². The summed E-state index contributed by atoms with van der Waals surface area (Å²) in [6.45, 7) is 11.4. The summed E-state index contributed by atoms with van der Waals surface area (Å²) in [6.07, 6.45) is 2.01. The van der Waals surface area contributed by atoms with Crippen molar-refractivity contribution in [3.05, 3.63) is 0 Å². The molecule has 0 aromatic carbocycles. The molecule has 1 aliphatic rings. The summed E-state index contributed by atoms with van der Waals surface area (Å²) in [5.41, 5.74) is -0.845. The largest absolute Gasteiger partial charge is 0.393 e. The van der Waals surface area contributed by atoms with Gasteiger partial charge in [0.2, 0.25) is 5.79 Å². The van der Waals surface area contributed by atoms with E-state index in [1.54, 1.807) is 0 Å². The molecule has 0 aliphatic heterocycles. The number of aliphatic hydroxyl groups is 1. The summed E-state index contributed by atoms with van der Waals surface area (Å²) in [7, 11) is 0. The lowest BCUT2D eigenvalue weighted by molar-refractivity contribution is -0.546. The first-order chi connectivity index (χ1) is 8.52. The molecule has 1 rings (SSSR count). The lowest BCUT2D eigenvalue weighted by atomic mass is 9.92. The van der Waals surface area contributed by atoms with Gasteiger partial charge >= 0.3 is 0 Å².